The van der Waals surface area contributed by atoms with Crippen molar-refractivity contribution in [1.29, 1.82) is 0 Å². The van der Waals surface area contributed by atoms with E-state index in [1.165, 1.54) is 4.90 Å². The summed E-state index contributed by atoms with van der Waals surface area (Å²) < 4.78 is 10.9. The predicted molar refractivity (Wildman–Crippen MR) is 95.9 cm³/mol. The Morgan fingerprint density at radius 3 is 2.57 bits per heavy atom. The zero-order valence-electron chi connectivity index (χ0n) is 15.2. The number of carbonyl (C=O) groups is 2. The molecule has 2 aromatic carbocycles. The lowest BCUT2D eigenvalue weighted by Gasteiger charge is -2.50. The number of rotatable bonds is 2. The fraction of sp³-hybridized carbons (Fsp3) is 0.333. The summed E-state index contributed by atoms with van der Waals surface area (Å²) in [6, 6.07) is 13.4. The van der Waals surface area contributed by atoms with Crippen LogP contribution in [0.4, 0.5) is 0 Å². The van der Waals surface area contributed by atoms with Crippen LogP contribution in [-0.2, 0) is 21.0 Å². The lowest BCUT2D eigenvalue weighted by atomic mass is 9.70. The molecule has 2 aromatic rings. The molecule has 0 N–H and O–H groups in total. The van der Waals surface area contributed by atoms with Crippen LogP contribution in [-0.4, -0.2) is 35.6 Å². The third-order valence-electron chi connectivity index (χ3n) is 6.24. The highest BCUT2D eigenvalue weighted by molar-refractivity contribution is 6.06. The van der Waals surface area contributed by atoms with Crippen LogP contribution in [0, 0.1) is 11.8 Å². The average Bonchev–Trinajstić information content (AvgIpc) is 3.27. The summed E-state index contributed by atoms with van der Waals surface area (Å²) in [5.41, 5.74) is 3.07. The summed E-state index contributed by atoms with van der Waals surface area (Å²) in [6.07, 6.45) is -0.443. The number of hydrogen-bond acceptors (Lipinski definition) is 6. The Morgan fingerprint density at radius 2 is 1.71 bits per heavy atom. The summed E-state index contributed by atoms with van der Waals surface area (Å²) in [4.78, 5) is 33.1. The van der Waals surface area contributed by atoms with Gasteiger partial charge in [-0.1, -0.05) is 30.3 Å². The van der Waals surface area contributed by atoms with Crippen molar-refractivity contribution in [2.24, 2.45) is 11.8 Å². The third kappa shape index (κ3) is 2.00. The van der Waals surface area contributed by atoms with Gasteiger partial charge in [-0.3, -0.25) is 19.3 Å². The molecule has 7 heteroatoms. The Hall–Kier alpha value is -2.90. The third-order valence-corrected chi connectivity index (χ3v) is 6.24. The molecule has 0 aromatic heterocycles. The number of benzene rings is 2. The molecular formula is C21H18N2O5. The van der Waals surface area contributed by atoms with Gasteiger partial charge in [0.2, 0.25) is 18.6 Å². The molecule has 0 saturated carbocycles. The quantitative estimate of drug-likeness (QED) is 0.747. The van der Waals surface area contributed by atoms with Gasteiger partial charge < -0.3 is 9.47 Å². The van der Waals surface area contributed by atoms with Crippen LogP contribution in [0.15, 0.2) is 42.5 Å². The minimum Gasteiger partial charge on any atom is -0.454 e. The Bertz CT molecular complexity index is 1020. The topological polar surface area (TPSA) is 68.3 Å². The van der Waals surface area contributed by atoms with Gasteiger partial charge in [0.15, 0.2) is 11.5 Å². The fourth-order valence-corrected chi connectivity index (χ4v) is 4.96. The lowest BCUT2D eigenvalue weighted by Crippen LogP contribution is -2.51. The van der Waals surface area contributed by atoms with Crippen LogP contribution in [0.1, 0.15) is 28.8 Å². The Labute approximate surface area is 161 Å². The molecule has 2 bridgehead atoms. The van der Waals surface area contributed by atoms with Gasteiger partial charge in [0.05, 0.1) is 17.9 Å². The molecule has 0 unspecified atom stereocenters. The van der Waals surface area contributed by atoms with Gasteiger partial charge in [-0.15, -0.1) is 0 Å². The van der Waals surface area contributed by atoms with Crippen molar-refractivity contribution in [3.8, 4) is 11.5 Å². The van der Waals surface area contributed by atoms with Crippen molar-refractivity contribution in [2.75, 3.05) is 13.8 Å². The first-order valence-corrected chi connectivity index (χ1v) is 9.35. The van der Waals surface area contributed by atoms with Crippen molar-refractivity contribution in [1.82, 2.24) is 9.96 Å². The van der Waals surface area contributed by atoms with Crippen LogP contribution in [0.3, 0.4) is 0 Å². The van der Waals surface area contributed by atoms with Crippen LogP contribution < -0.4 is 9.47 Å². The molecule has 7 rings (SSSR count). The molecule has 1 aliphatic carbocycles. The van der Waals surface area contributed by atoms with E-state index in [1.54, 1.807) is 7.05 Å². The van der Waals surface area contributed by atoms with Crippen molar-refractivity contribution < 1.29 is 23.9 Å². The highest BCUT2D eigenvalue weighted by atomic mass is 16.7. The smallest absolute Gasteiger partial charge is 0.235 e. The maximum absolute atomic E-state index is 12.9. The number of imide groups is 1. The second kappa shape index (κ2) is 5.56. The maximum Gasteiger partial charge on any atom is 0.235 e. The van der Waals surface area contributed by atoms with Gasteiger partial charge in [0.1, 0.15) is 6.10 Å². The first-order valence-electron chi connectivity index (χ1n) is 9.35. The van der Waals surface area contributed by atoms with E-state index in [-0.39, 0.29) is 24.6 Å². The number of amides is 2. The van der Waals surface area contributed by atoms with E-state index < -0.39 is 17.9 Å². The van der Waals surface area contributed by atoms with Crippen LogP contribution in [0.5, 0.6) is 11.5 Å². The van der Waals surface area contributed by atoms with Gasteiger partial charge in [-0.05, 0) is 28.8 Å². The zero-order chi connectivity index (χ0) is 19.0. The van der Waals surface area contributed by atoms with E-state index >= 15 is 0 Å². The summed E-state index contributed by atoms with van der Waals surface area (Å²) >= 11 is 0. The molecule has 0 spiro atoms. The summed E-state index contributed by atoms with van der Waals surface area (Å²) in [7, 11) is 1.56. The standard InChI is InChI=1S/C21H18N2O5/c1-22-20(24)16-17(21(22)25)19-13-5-3-2-4-12(13)18(16)23(28-19)9-11-6-7-14-15(8-11)27-10-26-14/h2-8,16-19H,9-10H2,1H3/t16-,17+,18-,19+/m1/s1. The number of carbonyl (C=O) groups excluding carboxylic acids is 2. The second-order valence-electron chi connectivity index (χ2n) is 7.65. The predicted octanol–water partition coefficient (Wildman–Crippen LogP) is 2.19. The van der Waals surface area contributed by atoms with Crippen molar-refractivity contribution in [2.45, 2.75) is 18.7 Å². The number of fused-ring (bicyclic) bond motifs is 2. The zero-order valence-corrected chi connectivity index (χ0v) is 15.2. The van der Waals surface area contributed by atoms with E-state index in [1.807, 2.05) is 47.5 Å². The summed E-state index contributed by atoms with van der Waals surface area (Å²) in [5, 5.41) is 1.86. The highest BCUT2D eigenvalue weighted by Gasteiger charge is 2.62. The maximum atomic E-state index is 12.9. The van der Waals surface area contributed by atoms with Crippen molar-refractivity contribution in [3.05, 3.63) is 59.2 Å². The van der Waals surface area contributed by atoms with Gasteiger partial charge >= 0.3 is 0 Å². The van der Waals surface area contributed by atoms with Gasteiger partial charge in [0, 0.05) is 13.6 Å². The van der Waals surface area contributed by atoms with Crippen LogP contribution in [0.25, 0.3) is 0 Å². The highest BCUT2D eigenvalue weighted by Crippen LogP contribution is 2.57. The lowest BCUT2D eigenvalue weighted by molar-refractivity contribution is -0.297. The number of likely N-dealkylation sites (tertiary alicyclic amines) is 1. The molecule has 4 aliphatic heterocycles. The van der Waals surface area contributed by atoms with Gasteiger partial charge in [-0.25, -0.2) is 0 Å². The number of hydrogen-bond donors (Lipinski definition) is 0. The molecule has 2 saturated heterocycles. The Balaban J connectivity index is 1.41. The molecule has 2 amide bonds. The minimum atomic E-state index is -0.453. The SMILES string of the molecule is CN1C(=O)[C@@H]2[C@H](C1=O)[C@H]1ON(Cc3ccc4c(c3)OCO4)[C@@H]2c2ccccc21. The molecule has 28 heavy (non-hydrogen) atoms. The van der Waals surface area contributed by atoms with E-state index in [0.717, 1.165) is 22.4 Å². The van der Waals surface area contributed by atoms with Gasteiger partial charge in [-0.2, -0.15) is 5.06 Å². The van der Waals surface area contributed by atoms with Crippen LogP contribution >= 0.6 is 0 Å². The minimum absolute atomic E-state index is 0.126. The molecule has 2 fully saturated rings. The van der Waals surface area contributed by atoms with Crippen LogP contribution in [0.2, 0.25) is 0 Å². The summed E-state index contributed by atoms with van der Waals surface area (Å²) in [6.45, 7) is 0.713. The van der Waals surface area contributed by atoms with Crippen molar-refractivity contribution >= 4 is 11.8 Å². The normalized spacial score (nSPS) is 30.0. The fourth-order valence-electron chi connectivity index (χ4n) is 4.96. The number of ether oxygens (including phenoxy) is 2. The summed E-state index contributed by atoms with van der Waals surface area (Å²) in [5.74, 6) is 0.296. The van der Waals surface area contributed by atoms with E-state index in [4.69, 9.17) is 14.3 Å². The second-order valence-corrected chi connectivity index (χ2v) is 7.65. The average molecular weight is 378 g/mol. The molecule has 0 radical (unpaired) electrons. The van der Waals surface area contributed by atoms with E-state index in [2.05, 4.69) is 0 Å². The van der Waals surface area contributed by atoms with Crippen molar-refractivity contribution in [3.63, 3.8) is 0 Å². The Kier molecular flexibility index (Phi) is 3.19. The largest absolute Gasteiger partial charge is 0.454 e. The molecule has 142 valence electrons. The molecular weight excluding hydrogens is 360 g/mol. The number of hydroxylamine groups is 2. The van der Waals surface area contributed by atoms with E-state index in [9.17, 15) is 9.59 Å². The first kappa shape index (κ1) is 16.1. The molecule has 4 atom stereocenters. The molecule has 7 nitrogen and oxygen atoms in total. The molecule has 4 heterocycles. The monoisotopic (exact) mass is 378 g/mol. The van der Waals surface area contributed by atoms with Gasteiger partial charge in [0.25, 0.3) is 0 Å². The van der Waals surface area contributed by atoms with E-state index in [0.29, 0.717) is 12.3 Å². The molecule has 5 aliphatic rings. The Morgan fingerprint density at radius 1 is 0.964 bits per heavy atom. The first-order chi connectivity index (χ1) is 13.6. The number of nitrogens with zero attached hydrogens (tertiary/aromatic N) is 2.